The molecule has 1 fully saturated rings. The second-order valence-corrected chi connectivity index (χ2v) is 5.75. The third-order valence-electron chi connectivity index (χ3n) is 3.68. The molecule has 0 atom stereocenters. The standard InChI is InChI=1S/C15H24N2S/c1-13-6-9-17(10-7-13)12-14-2-4-15(5-3-14)16-8-11-18/h2-5,13,16,18H,6-12H2,1H3. The molecule has 0 spiro atoms. The molecule has 100 valence electrons. The van der Waals surface area contributed by atoms with Crippen molar-refractivity contribution in [3.63, 3.8) is 0 Å². The Kier molecular flexibility index (Phi) is 5.39. The predicted molar refractivity (Wildman–Crippen MR) is 82.5 cm³/mol. The molecular weight excluding hydrogens is 240 g/mol. The molecule has 0 amide bonds. The van der Waals surface area contributed by atoms with E-state index in [9.17, 15) is 0 Å². The maximum atomic E-state index is 4.20. The SMILES string of the molecule is CC1CCN(Cc2ccc(NCCS)cc2)CC1. The first-order valence-electron chi connectivity index (χ1n) is 6.94. The van der Waals surface area contributed by atoms with Crippen molar-refractivity contribution in [1.29, 1.82) is 0 Å². The van der Waals surface area contributed by atoms with Crippen LogP contribution in [0.1, 0.15) is 25.3 Å². The fraction of sp³-hybridized carbons (Fsp3) is 0.600. The number of piperidine rings is 1. The van der Waals surface area contributed by atoms with Crippen molar-refractivity contribution in [3.05, 3.63) is 29.8 Å². The summed E-state index contributed by atoms with van der Waals surface area (Å²) in [6.45, 7) is 6.88. The van der Waals surface area contributed by atoms with Crippen LogP contribution in [0.5, 0.6) is 0 Å². The number of hydrogen-bond acceptors (Lipinski definition) is 3. The maximum absolute atomic E-state index is 4.20. The van der Waals surface area contributed by atoms with E-state index in [1.807, 2.05) is 0 Å². The quantitative estimate of drug-likeness (QED) is 0.794. The highest BCUT2D eigenvalue weighted by atomic mass is 32.1. The van der Waals surface area contributed by atoms with Crippen molar-refractivity contribution in [2.24, 2.45) is 5.92 Å². The maximum Gasteiger partial charge on any atom is 0.0340 e. The summed E-state index contributed by atoms with van der Waals surface area (Å²) in [5, 5.41) is 3.34. The van der Waals surface area contributed by atoms with Gasteiger partial charge in [-0.25, -0.2) is 0 Å². The zero-order valence-corrected chi connectivity index (χ0v) is 12.1. The Morgan fingerprint density at radius 3 is 2.50 bits per heavy atom. The van der Waals surface area contributed by atoms with Crippen LogP contribution in [0.25, 0.3) is 0 Å². The number of thiol groups is 1. The molecule has 3 heteroatoms. The zero-order valence-electron chi connectivity index (χ0n) is 11.2. The summed E-state index contributed by atoms with van der Waals surface area (Å²) in [5.41, 5.74) is 2.61. The highest BCUT2D eigenvalue weighted by molar-refractivity contribution is 7.80. The van der Waals surface area contributed by atoms with Crippen molar-refractivity contribution < 1.29 is 0 Å². The molecule has 2 rings (SSSR count). The number of likely N-dealkylation sites (tertiary alicyclic amines) is 1. The lowest BCUT2D eigenvalue weighted by Crippen LogP contribution is -2.32. The Morgan fingerprint density at radius 2 is 1.89 bits per heavy atom. The molecule has 1 aromatic rings. The molecule has 1 aliphatic heterocycles. The van der Waals surface area contributed by atoms with E-state index in [-0.39, 0.29) is 0 Å². The fourth-order valence-electron chi connectivity index (χ4n) is 2.41. The summed E-state index contributed by atoms with van der Waals surface area (Å²) in [4.78, 5) is 2.57. The number of rotatable bonds is 5. The number of anilines is 1. The molecule has 1 saturated heterocycles. The van der Waals surface area contributed by atoms with Gasteiger partial charge in [0.05, 0.1) is 0 Å². The minimum absolute atomic E-state index is 0.869. The molecule has 0 bridgehead atoms. The van der Waals surface area contributed by atoms with E-state index in [1.54, 1.807) is 0 Å². The van der Waals surface area contributed by atoms with Crippen LogP contribution in [0, 0.1) is 5.92 Å². The largest absolute Gasteiger partial charge is 0.384 e. The van der Waals surface area contributed by atoms with Gasteiger partial charge >= 0.3 is 0 Å². The topological polar surface area (TPSA) is 15.3 Å². The first kappa shape index (κ1) is 13.8. The van der Waals surface area contributed by atoms with Gasteiger partial charge in [-0.3, -0.25) is 4.90 Å². The Bertz CT molecular complexity index is 342. The summed E-state index contributed by atoms with van der Waals surface area (Å²) in [5.74, 6) is 1.78. The van der Waals surface area contributed by atoms with E-state index in [0.717, 1.165) is 24.8 Å². The van der Waals surface area contributed by atoms with Gasteiger partial charge in [0, 0.05) is 24.5 Å². The summed E-state index contributed by atoms with van der Waals surface area (Å²) in [6.07, 6.45) is 2.70. The molecule has 1 heterocycles. The first-order chi connectivity index (χ1) is 8.78. The first-order valence-corrected chi connectivity index (χ1v) is 7.57. The lowest BCUT2D eigenvalue weighted by molar-refractivity contribution is 0.185. The van der Waals surface area contributed by atoms with Gasteiger partial charge in [-0.15, -0.1) is 0 Å². The Balaban J connectivity index is 1.82. The lowest BCUT2D eigenvalue weighted by Gasteiger charge is -2.30. The van der Waals surface area contributed by atoms with Gasteiger partial charge in [0.2, 0.25) is 0 Å². The van der Waals surface area contributed by atoms with Crippen molar-refractivity contribution in [1.82, 2.24) is 4.90 Å². The van der Waals surface area contributed by atoms with Crippen molar-refractivity contribution in [2.75, 3.05) is 30.7 Å². The highest BCUT2D eigenvalue weighted by Gasteiger charge is 2.15. The molecule has 2 nitrogen and oxygen atoms in total. The van der Waals surface area contributed by atoms with Crippen LogP contribution < -0.4 is 5.32 Å². The second-order valence-electron chi connectivity index (χ2n) is 5.31. The van der Waals surface area contributed by atoms with Gasteiger partial charge in [0.1, 0.15) is 0 Å². The van der Waals surface area contributed by atoms with Crippen LogP contribution >= 0.6 is 12.6 Å². The Morgan fingerprint density at radius 1 is 1.22 bits per heavy atom. The van der Waals surface area contributed by atoms with Crippen LogP contribution in [0.3, 0.4) is 0 Å². The van der Waals surface area contributed by atoms with Crippen LogP contribution in [0.2, 0.25) is 0 Å². The Hall–Kier alpha value is -0.670. The Labute approximate surface area is 116 Å². The molecule has 0 radical (unpaired) electrons. The molecule has 18 heavy (non-hydrogen) atoms. The number of nitrogens with one attached hydrogen (secondary N) is 1. The van der Waals surface area contributed by atoms with Crippen LogP contribution in [0.15, 0.2) is 24.3 Å². The zero-order chi connectivity index (χ0) is 12.8. The van der Waals surface area contributed by atoms with E-state index < -0.39 is 0 Å². The van der Waals surface area contributed by atoms with Gasteiger partial charge < -0.3 is 5.32 Å². The summed E-state index contributed by atoms with van der Waals surface area (Å²) in [6, 6.07) is 8.81. The number of nitrogens with zero attached hydrogens (tertiary/aromatic N) is 1. The average Bonchev–Trinajstić information content (AvgIpc) is 2.41. The van der Waals surface area contributed by atoms with Gasteiger partial charge in [-0.2, -0.15) is 12.6 Å². The smallest absolute Gasteiger partial charge is 0.0340 e. The van der Waals surface area contributed by atoms with E-state index in [2.05, 4.69) is 54.0 Å². The molecule has 1 N–H and O–H groups in total. The van der Waals surface area contributed by atoms with Crippen LogP contribution in [-0.2, 0) is 6.54 Å². The van der Waals surface area contributed by atoms with Crippen LogP contribution in [-0.4, -0.2) is 30.3 Å². The lowest BCUT2D eigenvalue weighted by atomic mass is 9.99. The predicted octanol–water partition coefficient (Wildman–Crippen LogP) is 3.26. The molecule has 0 aliphatic carbocycles. The molecule has 1 aromatic carbocycles. The third kappa shape index (κ3) is 4.21. The van der Waals surface area contributed by atoms with E-state index >= 15 is 0 Å². The molecular formula is C15H24N2S. The van der Waals surface area contributed by atoms with Gasteiger partial charge in [-0.05, 0) is 49.5 Å². The number of hydrogen-bond donors (Lipinski definition) is 2. The normalized spacial score (nSPS) is 17.9. The van der Waals surface area contributed by atoms with E-state index in [4.69, 9.17) is 0 Å². The average molecular weight is 264 g/mol. The third-order valence-corrected chi connectivity index (χ3v) is 3.90. The molecule has 0 aromatic heterocycles. The van der Waals surface area contributed by atoms with Gasteiger partial charge in [0.25, 0.3) is 0 Å². The number of benzene rings is 1. The summed E-state index contributed by atoms with van der Waals surface area (Å²) in [7, 11) is 0. The minimum Gasteiger partial charge on any atom is -0.384 e. The monoisotopic (exact) mass is 264 g/mol. The molecule has 1 aliphatic rings. The van der Waals surface area contributed by atoms with E-state index in [0.29, 0.717) is 0 Å². The second kappa shape index (κ2) is 7.05. The highest BCUT2D eigenvalue weighted by Crippen LogP contribution is 2.18. The van der Waals surface area contributed by atoms with Gasteiger partial charge in [-0.1, -0.05) is 19.1 Å². The minimum atomic E-state index is 0.869. The molecule has 0 unspecified atom stereocenters. The summed E-state index contributed by atoms with van der Waals surface area (Å²) < 4.78 is 0. The van der Waals surface area contributed by atoms with Crippen molar-refractivity contribution in [2.45, 2.75) is 26.3 Å². The summed E-state index contributed by atoms with van der Waals surface area (Å²) >= 11 is 4.20. The molecule has 0 saturated carbocycles. The van der Waals surface area contributed by atoms with Crippen LogP contribution in [0.4, 0.5) is 5.69 Å². The van der Waals surface area contributed by atoms with E-state index in [1.165, 1.54) is 37.2 Å². The fourth-order valence-corrected chi connectivity index (χ4v) is 2.52. The van der Waals surface area contributed by atoms with Crippen molar-refractivity contribution in [3.8, 4) is 0 Å². The van der Waals surface area contributed by atoms with Gasteiger partial charge in [0.15, 0.2) is 0 Å². The van der Waals surface area contributed by atoms with Crippen molar-refractivity contribution >= 4 is 18.3 Å².